The summed E-state index contributed by atoms with van der Waals surface area (Å²) in [5, 5.41) is 18.9. The number of carbonyl (C=O) groups excluding carboxylic acids is 1. The Bertz CT molecular complexity index is 987. The van der Waals surface area contributed by atoms with Crippen LogP contribution < -0.4 is 25.4 Å². The number of alkyl halides is 3. The van der Waals surface area contributed by atoms with Crippen molar-refractivity contribution in [3.8, 4) is 11.5 Å². The number of benzene rings is 2. The lowest BCUT2D eigenvalue weighted by Gasteiger charge is -2.28. The summed E-state index contributed by atoms with van der Waals surface area (Å²) in [6.45, 7) is 0. The Morgan fingerprint density at radius 1 is 1.10 bits per heavy atom. The fourth-order valence-electron chi connectivity index (χ4n) is 2.44. The Balaban J connectivity index is 2.20. The van der Waals surface area contributed by atoms with Crippen LogP contribution in [0.25, 0.3) is 0 Å². The van der Waals surface area contributed by atoms with Crippen LogP contribution in [0.5, 0.6) is 11.5 Å². The van der Waals surface area contributed by atoms with E-state index in [9.17, 15) is 14.9 Å². The minimum absolute atomic E-state index is 0.0875. The highest BCUT2D eigenvalue weighted by Crippen LogP contribution is 2.31. The van der Waals surface area contributed by atoms with Crippen LogP contribution in [0.15, 0.2) is 42.5 Å². The van der Waals surface area contributed by atoms with Crippen molar-refractivity contribution in [1.82, 2.24) is 10.6 Å². The minimum atomic E-state index is -2.00. The Hall–Kier alpha value is -2.53. The Kier molecular flexibility index (Phi) is 8.52. The average Bonchev–Trinajstić information content (AvgIpc) is 2.72. The number of carbonyl (C=O) groups is 1. The van der Waals surface area contributed by atoms with E-state index in [0.29, 0.717) is 11.5 Å². The molecule has 1 amide bonds. The Morgan fingerprint density at radius 2 is 1.74 bits per heavy atom. The van der Waals surface area contributed by atoms with Crippen molar-refractivity contribution in [1.29, 1.82) is 0 Å². The van der Waals surface area contributed by atoms with Crippen molar-refractivity contribution >= 4 is 69.4 Å². The van der Waals surface area contributed by atoms with Crippen LogP contribution >= 0.6 is 47.0 Å². The van der Waals surface area contributed by atoms with Crippen LogP contribution in [-0.2, 0) is 0 Å². The molecule has 2 rings (SSSR count). The van der Waals surface area contributed by atoms with E-state index in [1.54, 1.807) is 18.2 Å². The van der Waals surface area contributed by atoms with Gasteiger partial charge in [-0.15, -0.1) is 0 Å². The summed E-state index contributed by atoms with van der Waals surface area (Å²) in [5.74, 6) is 0.0281. The van der Waals surface area contributed by atoms with Gasteiger partial charge in [-0.2, -0.15) is 0 Å². The van der Waals surface area contributed by atoms with Crippen molar-refractivity contribution in [2.24, 2.45) is 0 Å². The molecule has 3 N–H and O–H groups in total. The lowest BCUT2D eigenvalue weighted by molar-refractivity contribution is -0.384. The highest BCUT2D eigenvalue weighted by Gasteiger charge is 2.35. The van der Waals surface area contributed by atoms with Crippen molar-refractivity contribution < 1.29 is 19.2 Å². The quantitative estimate of drug-likeness (QED) is 0.169. The summed E-state index contributed by atoms with van der Waals surface area (Å²) in [5.41, 5.74) is 0.229. The number of nitrogens with one attached hydrogen (secondary N) is 3. The molecule has 13 heteroatoms. The number of nitrogens with zero attached hydrogens (tertiary/aromatic N) is 1. The summed E-state index contributed by atoms with van der Waals surface area (Å²) in [4.78, 5) is 23.1. The predicted octanol–water partition coefficient (Wildman–Crippen LogP) is 4.02. The lowest BCUT2D eigenvalue weighted by atomic mass is 10.2. The number of anilines is 1. The largest absolute Gasteiger partial charge is 0.496 e. The zero-order valence-corrected chi connectivity index (χ0v) is 19.2. The molecule has 1 atom stereocenters. The molecule has 2 aromatic carbocycles. The van der Waals surface area contributed by atoms with Crippen molar-refractivity contribution in [3.63, 3.8) is 0 Å². The molecule has 0 aliphatic carbocycles. The number of thiocarbonyl (C=S) groups is 1. The molecule has 0 fully saturated rings. The molecule has 0 radical (unpaired) electrons. The molecule has 0 aliphatic heterocycles. The SMILES string of the molecule is COc1ccc([N+](=O)[O-])cc1NC(=S)N[C@H](NC(=O)c1ccccc1OC)C(Cl)(Cl)Cl. The third kappa shape index (κ3) is 6.73. The predicted molar refractivity (Wildman–Crippen MR) is 124 cm³/mol. The fraction of sp³-hybridized carbons (Fsp3) is 0.222. The first kappa shape index (κ1) is 24.7. The van der Waals surface area contributed by atoms with E-state index in [2.05, 4.69) is 16.0 Å². The van der Waals surface area contributed by atoms with Crippen molar-refractivity contribution in [2.75, 3.05) is 19.5 Å². The summed E-state index contributed by atoms with van der Waals surface area (Å²) < 4.78 is 8.33. The van der Waals surface area contributed by atoms with E-state index in [0.717, 1.165) is 0 Å². The monoisotopic (exact) mass is 506 g/mol. The van der Waals surface area contributed by atoms with E-state index >= 15 is 0 Å². The summed E-state index contributed by atoms with van der Waals surface area (Å²) in [6.07, 6.45) is -1.26. The van der Waals surface area contributed by atoms with E-state index in [1.807, 2.05) is 0 Å². The number of nitro groups is 1. The van der Waals surface area contributed by atoms with Gasteiger partial charge in [-0.05, 0) is 30.4 Å². The molecule has 0 aliphatic rings. The third-order valence-corrected chi connectivity index (χ3v) is 4.75. The fourth-order valence-corrected chi connectivity index (χ4v) is 2.99. The van der Waals surface area contributed by atoms with Gasteiger partial charge in [0.05, 0.1) is 30.4 Å². The van der Waals surface area contributed by atoms with Gasteiger partial charge in [0.2, 0.25) is 3.79 Å². The molecule has 2 aromatic rings. The van der Waals surface area contributed by atoms with Gasteiger partial charge in [-0.1, -0.05) is 46.9 Å². The standard InChI is InChI=1S/C18H17Cl3N4O5S/c1-29-13-6-4-3-5-11(13)15(26)23-16(18(19,20)21)24-17(31)22-12-9-10(25(27)28)7-8-14(12)30-2/h3-9,16H,1-2H3,(H,23,26)(H2,22,24,31)/t16-/m0/s1. The van der Waals surface area contributed by atoms with Crippen LogP contribution in [0.4, 0.5) is 11.4 Å². The molecule has 0 saturated carbocycles. The second-order valence-electron chi connectivity index (χ2n) is 5.89. The maximum atomic E-state index is 12.7. The Labute approximate surface area is 198 Å². The molecule has 9 nitrogen and oxygen atoms in total. The van der Waals surface area contributed by atoms with Gasteiger partial charge in [0.25, 0.3) is 11.6 Å². The maximum absolute atomic E-state index is 12.7. The van der Waals surface area contributed by atoms with Crippen LogP contribution in [-0.4, -0.2) is 40.1 Å². The van der Waals surface area contributed by atoms with Crippen LogP contribution in [0.2, 0.25) is 0 Å². The second-order valence-corrected chi connectivity index (χ2v) is 8.67. The first-order valence-electron chi connectivity index (χ1n) is 8.47. The molecule has 0 unspecified atom stereocenters. The van der Waals surface area contributed by atoms with E-state index in [4.69, 9.17) is 56.5 Å². The molecule has 0 bridgehead atoms. The summed E-state index contributed by atoms with van der Waals surface area (Å²) >= 11 is 23.2. The number of nitro benzene ring substituents is 1. The smallest absolute Gasteiger partial charge is 0.271 e. The van der Waals surface area contributed by atoms with Crippen molar-refractivity contribution in [3.05, 3.63) is 58.1 Å². The number of hydrogen-bond donors (Lipinski definition) is 3. The lowest BCUT2D eigenvalue weighted by Crippen LogP contribution is -2.56. The number of non-ortho nitro benzene ring substituents is 1. The summed E-state index contributed by atoms with van der Waals surface area (Å²) in [6, 6.07) is 10.4. The van der Waals surface area contributed by atoms with Gasteiger partial charge in [0, 0.05) is 12.1 Å². The van der Waals surface area contributed by atoms with Gasteiger partial charge in [0.15, 0.2) is 5.11 Å². The molecule has 31 heavy (non-hydrogen) atoms. The number of rotatable bonds is 7. The number of amides is 1. The van der Waals surface area contributed by atoms with E-state index in [1.165, 1.54) is 38.5 Å². The molecule has 0 heterocycles. The molecular formula is C18H17Cl3N4O5S. The molecule has 0 saturated heterocycles. The first-order chi connectivity index (χ1) is 14.6. The molecular weight excluding hydrogens is 491 g/mol. The Morgan fingerprint density at radius 3 is 2.32 bits per heavy atom. The van der Waals surface area contributed by atoms with Crippen LogP contribution in [0.1, 0.15) is 10.4 Å². The van der Waals surface area contributed by atoms with Crippen LogP contribution in [0.3, 0.4) is 0 Å². The van der Waals surface area contributed by atoms with Crippen molar-refractivity contribution in [2.45, 2.75) is 9.96 Å². The van der Waals surface area contributed by atoms with Gasteiger partial charge in [0.1, 0.15) is 17.7 Å². The van der Waals surface area contributed by atoms with Gasteiger partial charge < -0.3 is 25.4 Å². The third-order valence-electron chi connectivity index (χ3n) is 3.87. The number of hydrogen-bond acceptors (Lipinski definition) is 6. The topological polar surface area (TPSA) is 115 Å². The highest BCUT2D eigenvalue weighted by molar-refractivity contribution is 7.80. The number of para-hydroxylation sites is 1. The maximum Gasteiger partial charge on any atom is 0.271 e. The second kappa shape index (κ2) is 10.7. The molecule has 0 spiro atoms. The van der Waals surface area contributed by atoms with Crippen LogP contribution in [0, 0.1) is 10.1 Å². The highest BCUT2D eigenvalue weighted by atomic mass is 35.6. The molecule has 0 aromatic heterocycles. The van der Waals surface area contributed by atoms with Gasteiger partial charge >= 0.3 is 0 Å². The normalized spacial score (nSPS) is 11.8. The number of methoxy groups -OCH3 is 2. The van der Waals surface area contributed by atoms with Gasteiger partial charge in [-0.3, -0.25) is 14.9 Å². The number of halogens is 3. The zero-order valence-electron chi connectivity index (χ0n) is 16.1. The zero-order chi connectivity index (χ0) is 23.2. The first-order valence-corrected chi connectivity index (χ1v) is 10.0. The summed E-state index contributed by atoms with van der Waals surface area (Å²) in [7, 11) is 2.81. The average molecular weight is 508 g/mol. The minimum Gasteiger partial charge on any atom is -0.496 e. The van der Waals surface area contributed by atoms with E-state index < -0.39 is 20.8 Å². The molecule has 166 valence electrons. The van der Waals surface area contributed by atoms with Gasteiger partial charge in [-0.25, -0.2) is 0 Å². The van der Waals surface area contributed by atoms with E-state index in [-0.39, 0.29) is 22.1 Å². The number of ether oxygens (including phenoxy) is 2.